The Hall–Kier alpha value is -3.56. The van der Waals surface area contributed by atoms with Crippen LogP contribution in [0.4, 0.5) is 10.5 Å². The molecule has 0 bridgehead atoms. The van der Waals surface area contributed by atoms with Crippen LogP contribution >= 0.6 is 0 Å². The fraction of sp³-hybridized carbons (Fsp3) is 0.571. The molecule has 2 rings (SSSR count). The van der Waals surface area contributed by atoms with Crippen LogP contribution in [-0.4, -0.2) is 48.4 Å². The average Bonchev–Trinajstić information content (AvgIpc) is 2.78. The van der Waals surface area contributed by atoms with E-state index in [1.54, 1.807) is 47.6 Å². The molecule has 10 heteroatoms. The molecule has 0 fully saturated rings. The van der Waals surface area contributed by atoms with Crippen LogP contribution in [0.3, 0.4) is 0 Å². The van der Waals surface area contributed by atoms with Gasteiger partial charge in [0.2, 0.25) is 0 Å². The minimum Gasteiger partial charge on any atom is -0.461 e. The molecule has 0 aliphatic heterocycles. The van der Waals surface area contributed by atoms with Crippen molar-refractivity contribution in [3.63, 3.8) is 0 Å². The Morgan fingerprint density at radius 1 is 0.974 bits per heavy atom. The van der Waals surface area contributed by atoms with Crippen molar-refractivity contribution >= 4 is 34.7 Å². The second-order valence-electron chi connectivity index (χ2n) is 10.9. The van der Waals surface area contributed by atoms with Crippen LogP contribution < -0.4 is 15.8 Å². The zero-order valence-corrected chi connectivity index (χ0v) is 23.6. The van der Waals surface area contributed by atoms with Crippen molar-refractivity contribution in [2.75, 3.05) is 18.0 Å². The van der Waals surface area contributed by atoms with Gasteiger partial charge in [0.1, 0.15) is 29.4 Å². The van der Waals surface area contributed by atoms with Gasteiger partial charge in [-0.2, -0.15) is 0 Å². The molecular formula is C28H40N2O8. The third-order valence-electron chi connectivity index (χ3n) is 5.35. The fourth-order valence-electron chi connectivity index (χ4n) is 3.69. The predicted molar refractivity (Wildman–Crippen MR) is 144 cm³/mol. The highest BCUT2D eigenvalue weighted by Crippen LogP contribution is 2.24. The van der Waals surface area contributed by atoms with E-state index in [9.17, 15) is 19.2 Å². The highest BCUT2D eigenvalue weighted by molar-refractivity contribution is 5.84. The highest BCUT2D eigenvalue weighted by Gasteiger charge is 2.29. The van der Waals surface area contributed by atoms with Gasteiger partial charge in [-0.25, -0.2) is 14.4 Å². The molecule has 38 heavy (non-hydrogen) atoms. The lowest BCUT2D eigenvalue weighted by Gasteiger charge is -2.26. The fourth-order valence-corrected chi connectivity index (χ4v) is 3.69. The van der Waals surface area contributed by atoms with Crippen LogP contribution in [0.25, 0.3) is 11.0 Å². The number of amides is 1. The van der Waals surface area contributed by atoms with Crippen molar-refractivity contribution < 1.29 is 33.0 Å². The molecule has 210 valence electrons. The Morgan fingerprint density at radius 3 is 2.18 bits per heavy atom. The summed E-state index contributed by atoms with van der Waals surface area (Å²) in [5.74, 6) is -1.29. The minimum atomic E-state index is -1.11. The van der Waals surface area contributed by atoms with Crippen LogP contribution in [0.5, 0.6) is 0 Å². The first kappa shape index (κ1) is 30.7. The number of fused-ring (bicyclic) bond motifs is 1. The molecule has 1 heterocycles. The van der Waals surface area contributed by atoms with Gasteiger partial charge in [-0.05, 0) is 73.9 Å². The van der Waals surface area contributed by atoms with Crippen LogP contribution in [0.15, 0.2) is 33.5 Å². The first-order valence-corrected chi connectivity index (χ1v) is 12.8. The van der Waals surface area contributed by atoms with Gasteiger partial charge in [0.15, 0.2) is 0 Å². The number of anilines is 1. The SMILES string of the molecule is CCN(CC)c1ccc2c(COC(=O)CC[C@H](NC(=O)OC(C)(C)C)C(=O)OC(C)(C)C)cc(=O)oc2c1. The van der Waals surface area contributed by atoms with E-state index in [-0.39, 0.29) is 19.4 Å². The van der Waals surface area contributed by atoms with Crippen molar-refractivity contribution in [2.45, 2.75) is 92.1 Å². The van der Waals surface area contributed by atoms with Gasteiger partial charge in [0.05, 0.1) is 0 Å². The third-order valence-corrected chi connectivity index (χ3v) is 5.35. The summed E-state index contributed by atoms with van der Waals surface area (Å²) in [6, 6.07) is 5.73. The number of benzene rings is 1. The summed E-state index contributed by atoms with van der Waals surface area (Å²) in [5, 5.41) is 3.14. The van der Waals surface area contributed by atoms with Gasteiger partial charge in [-0.3, -0.25) is 4.79 Å². The number of hydrogen-bond donors (Lipinski definition) is 1. The number of rotatable bonds is 10. The molecule has 2 aromatic rings. The molecule has 0 aliphatic carbocycles. The molecule has 1 N–H and O–H groups in total. The van der Waals surface area contributed by atoms with E-state index < -0.39 is 40.9 Å². The second-order valence-corrected chi connectivity index (χ2v) is 10.9. The van der Waals surface area contributed by atoms with Crippen molar-refractivity contribution in [3.8, 4) is 0 Å². The molecule has 1 aromatic heterocycles. The average molecular weight is 533 g/mol. The van der Waals surface area contributed by atoms with Crippen LogP contribution in [0.2, 0.25) is 0 Å². The van der Waals surface area contributed by atoms with E-state index in [4.69, 9.17) is 18.6 Å². The minimum absolute atomic E-state index is 0.0576. The first-order chi connectivity index (χ1) is 17.6. The Kier molecular flexibility index (Phi) is 10.3. The van der Waals surface area contributed by atoms with Gasteiger partial charge in [-0.15, -0.1) is 0 Å². The van der Waals surface area contributed by atoms with Crippen molar-refractivity contribution in [1.29, 1.82) is 0 Å². The maximum atomic E-state index is 12.7. The number of carbonyl (C=O) groups excluding carboxylic acids is 3. The topological polar surface area (TPSA) is 124 Å². The van der Waals surface area contributed by atoms with E-state index in [2.05, 4.69) is 10.2 Å². The Bertz CT molecular complexity index is 1190. The van der Waals surface area contributed by atoms with Crippen LogP contribution in [-0.2, 0) is 30.4 Å². The molecule has 0 aliphatic rings. The molecule has 10 nitrogen and oxygen atoms in total. The first-order valence-electron chi connectivity index (χ1n) is 12.8. The van der Waals surface area contributed by atoms with Crippen molar-refractivity contribution in [1.82, 2.24) is 5.32 Å². The quantitative estimate of drug-likeness (QED) is 0.263. The zero-order chi connectivity index (χ0) is 28.7. The van der Waals surface area contributed by atoms with E-state index in [0.29, 0.717) is 16.5 Å². The summed E-state index contributed by atoms with van der Waals surface area (Å²) in [6.45, 7) is 15.7. The zero-order valence-electron chi connectivity index (χ0n) is 23.6. The molecule has 0 saturated carbocycles. The molecular weight excluding hydrogens is 492 g/mol. The summed E-state index contributed by atoms with van der Waals surface area (Å²) in [6.07, 6.45) is -1.03. The Balaban J connectivity index is 2.10. The lowest BCUT2D eigenvalue weighted by atomic mass is 10.1. The molecule has 1 amide bonds. The molecule has 1 atom stereocenters. The maximum absolute atomic E-state index is 12.7. The van der Waals surface area contributed by atoms with Crippen molar-refractivity contribution in [3.05, 3.63) is 40.2 Å². The smallest absolute Gasteiger partial charge is 0.408 e. The van der Waals surface area contributed by atoms with E-state index in [0.717, 1.165) is 18.8 Å². The molecule has 1 aromatic carbocycles. The lowest BCUT2D eigenvalue weighted by molar-refractivity contribution is -0.158. The number of nitrogens with zero attached hydrogens (tertiary/aromatic N) is 1. The predicted octanol–water partition coefficient (Wildman–Crippen LogP) is 4.70. The van der Waals surface area contributed by atoms with E-state index >= 15 is 0 Å². The van der Waals surface area contributed by atoms with Gasteiger partial charge in [0.25, 0.3) is 0 Å². The summed E-state index contributed by atoms with van der Waals surface area (Å²) in [5.41, 5.74) is -0.270. The number of alkyl carbamates (subject to hydrolysis) is 1. The van der Waals surface area contributed by atoms with Gasteiger partial charge in [-0.1, -0.05) is 0 Å². The largest absolute Gasteiger partial charge is 0.461 e. The standard InChI is InChI=1S/C28H40N2O8/c1-9-30(10-2)19-11-12-20-18(15-24(32)36-22(20)16-19)17-35-23(31)14-13-21(25(33)37-27(3,4)5)29-26(34)38-28(6,7)8/h11-12,15-16,21H,9-10,13-14,17H2,1-8H3,(H,29,34)/t21-/m0/s1. The number of esters is 2. The van der Waals surface area contributed by atoms with E-state index in [1.165, 1.54) is 6.07 Å². The Labute approximate surface area is 223 Å². The lowest BCUT2D eigenvalue weighted by Crippen LogP contribution is -2.46. The molecule has 0 saturated heterocycles. The summed E-state index contributed by atoms with van der Waals surface area (Å²) >= 11 is 0. The third kappa shape index (κ3) is 9.72. The monoisotopic (exact) mass is 532 g/mol. The summed E-state index contributed by atoms with van der Waals surface area (Å²) < 4.78 is 21.4. The Morgan fingerprint density at radius 2 is 1.61 bits per heavy atom. The normalized spacial score (nSPS) is 12.5. The van der Waals surface area contributed by atoms with E-state index in [1.807, 2.05) is 26.0 Å². The van der Waals surface area contributed by atoms with Crippen LogP contribution in [0, 0.1) is 0 Å². The van der Waals surface area contributed by atoms with Crippen LogP contribution in [0.1, 0.15) is 73.8 Å². The summed E-state index contributed by atoms with van der Waals surface area (Å²) in [4.78, 5) is 51.8. The van der Waals surface area contributed by atoms with Gasteiger partial charge < -0.3 is 28.8 Å². The molecule has 0 radical (unpaired) electrons. The number of hydrogen-bond acceptors (Lipinski definition) is 9. The number of carbonyl (C=O) groups is 3. The highest BCUT2D eigenvalue weighted by atomic mass is 16.6. The number of nitrogens with one attached hydrogen (secondary N) is 1. The summed E-state index contributed by atoms with van der Waals surface area (Å²) in [7, 11) is 0. The van der Waals surface area contributed by atoms with Gasteiger partial charge in [0, 0.05) is 48.3 Å². The van der Waals surface area contributed by atoms with Gasteiger partial charge >= 0.3 is 23.7 Å². The molecule has 0 unspecified atom stereocenters. The maximum Gasteiger partial charge on any atom is 0.408 e. The van der Waals surface area contributed by atoms with Crippen molar-refractivity contribution in [2.24, 2.45) is 0 Å². The second kappa shape index (κ2) is 12.8. The number of ether oxygens (including phenoxy) is 3. The molecule has 0 spiro atoms.